The molecular formula is C22H34N6O2. The number of aliphatic imine (C=N–C) groups is 1. The number of piperidine rings is 1. The summed E-state index contributed by atoms with van der Waals surface area (Å²) in [4.78, 5) is 31.7. The Morgan fingerprint density at radius 2 is 2.00 bits per heavy atom. The number of primary amides is 1. The summed E-state index contributed by atoms with van der Waals surface area (Å²) in [5.41, 5.74) is 7.56. The smallest absolute Gasteiger partial charge is 0.227 e. The summed E-state index contributed by atoms with van der Waals surface area (Å²) in [5, 5.41) is 6.67. The third-order valence-electron chi connectivity index (χ3n) is 5.86. The molecule has 2 heterocycles. The molecule has 2 amide bonds. The quantitative estimate of drug-likeness (QED) is 0.335. The Balaban J connectivity index is 1.35. The van der Waals surface area contributed by atoms with Crippen LogP contribution in [0.2, 0.25) is 0 Å². The van der Waals surface area contributed by atoms with Gasteiger partial charge < -0.3 is 26.2 Å². The summed E-state index contributed by atoms with van der Waals surface area (Å²) >= 11 is 0. The summed E-state index contributed by atoms with van der Waals surface area (Å²) in [5.74, 6) is 0.793. The zero-order chi connectivity index (χ0) is 21.3. The van der Waals surface area contributed by atoms with E-state index in [4.69, 9.17) is 5.73 Å². The number of amides is 2. The summed E-state index contributed by atoms with van der Waals surface area (Å²) in [7, 11) is 1.76. The molecule has 8 nitrogen and oxygen atoms in total. The highest BCUT2D eigenvalue weighted by Gasteiger charge is 2.23. The normalized spacial score (nSPS) is 20.4. The van der Waals surface area contributed by atoms with Gasteiger partial charge in [0.2, 0.25) is 11.8 Å². The van der Waals surface area contributed by atoms with Crippen LogP contribution >= 0.6 is 0 Å². The fraction of sp³-hybridized carbons (Fsp3) is 0.591. The van der Waals surface area contributed by atoms with Crippen LogP contribution in [0.1, 0.15) is 37.7 Å². The van der Waals surface area contributed by atoms with Crippen LogP contribution in [0.25, 0.3) is 0 Å². The summed E-state index contributed by atoms with van der Waals surface area (Å²) in [6, 6.07) is 8.11. The Labute approximate surface area is 178 Å². The monoisotopic (exact) mass is 414 g/mol. The number of nitrogens with zero attached hydrogens (tertiary/aromatic N) is 3. The predicted molar refractivity (Wildman–Crippen MR) is 119 cm³/mol. The van der Waals surface area contributed by atoms with Gasteiger partial charge in [0.25, 0.3) is 0 Å². The number of likely N-dealkylation sites (tertiary alicyclic amines) is 1. The van der Waals surface area contributed by atoms with Crippen molar-refractivity contribution in [2.75, 3.05) is 44.7 Å². The number of hydrogen-bond donors (Lipinski definition) is 3. The van der Waals surface area contributed by atoms with Crippen molar-refractivity contribution in [2.45, 2.75) is 38.6 Å². The number of carbonyl (C=O) groups excluding carboxylic acids is 2. The molecule has 2 aliphatic heterocycles. The average Bonchev–Trinajstić information content (AvgIpc) is 3.19. The maximum atomic E-state index is 11.9. The van der Waals surface area contributed by atoms with Crippen molar-refractivity contribution in [2.24, 2.45) is 16.6 Å². The lowest BCUT2D eigenvalue weighted by molar-refractivity contribution is -0.123. The van der Waals surface area contributed by atoms with Gasteiger partial charge in [-0.05, 0) is 56.5 Å². The van der Waals surface area contributed by atoms with E-state index in [0.29, 0.717) is 13.0 Å². The van der Waals surface area contributed by atoms with E-state index in [0.717, 1.165) is 75.6 Å². The second-order valence-electron chi connectivity index (χ2n) is 8.06. The Morgan fingerprint density at radius 1 is 1.20 bits per heavy atom. The van der Waals surface area contributed by atoms with Gasteiger partial charge in [0.05, 0.1) is 5.92 Å². The number of rotatable bonds is 8. The highest BCUT2D eigenvalue weighted by atomic mass is 16.2. The topological polar surface area (TPSA) is 103 Å². The van der Waals surface area contributed by atoms with E-state index >= 15 is 0 Å². The molecule has 2 aliphatic rings. The van der Waals surface area contributed by atoms with Crippen LogP contribution in [0.4, 0.5) is 5.69 Å². The number of nitrogens with one attached hydrogen (secondary N) is 2. The van der Waals surface area contributed by atoms with Crippen LogP contribution < -0.4 is 21.3 Å². The fourth-order valence-electron chi connectivity index (χ4n) is 4.12. The molecule has 0 radical (unpaired) electrons. The zero-order valence-corrected chi connectivity index (χ0v) is 17.9. The van der Waals surface area contributed by atoms with E-state index < -0.39 is 0 Å². The first-order valence-electron chi connectivity index (χ1n) is 10.9. The number of carbonyl (C=O) groups is 2. The Kier molecular flexibility index (Phi) is 8.07. The summed E-state index contributed by atoms with van der Waals surface area (Å²) in [6.07, 6.45) is 4.51. The largest absolute Gasteiger partial charge is 0.369 e. The van der Waals surface area contributed by atoms with E-state index in [1.807, 2.05) is 29.2 Å². The molecule has 30 heavy (non-hydrogen) atoms. The van der Waals surface area contributed by atoms with Crippen molar-refractivity contribution < 1.29 is 9.59 Å². The minimum atomic E-state index is -0.178. The minimum Gasteiger partial charge on any atom is -0.369 e. The van der Waals surface area contributed by atoms with E-state index in [9.17, 15) is 9.59 Å². The third kappa shape index (κ3) is 6.19. The molecule has 1 atom stereocenters. The van der Waals surface area contributed by atoms with Gasteiger partial charge in [-0.15, -0.1) is 0 Å². The van der Waals surface area contributed by atoms with Gasteiger partial charge in [0.1, 0.15) is 0 Å². The number of guanidine groups is 1. The van der Waals surface area contributed by atoms with Crippen molar-refractivity contribution in [1.29, 1.82) is 0 Å². The van der Waals surface area contributed by atoms with Crippen LogP contribution in [0.15, 0.2) is 29.3 Å². The maximum absolute atomic E-state index is 11.9. The Morgan fingerprint density at radius 3 is 2.67 bits per heavy atom. The molecule has 4 N–H and O–H groups in total. The standard InChI is InChI=1S/C22H34N6O2/c1-24-22(25-11-4-13-27-12-2-5-18(16-27)21(23)30)26-15-17-7-9-19(10-8-17)28-14-3-6-20(28)29/h7-10,18H,2-6,11-16H2,1H3,(H2,23,30)(H2,24,25,26). The van der Waals surface area contributed by atoms with Gasteiger partial charge in [-0.3, -0.25) is 14.6 Å². The Hall–Kier alpha value is -2.61. The van der Waals surface area contributed by atoms with Crippen molar-refractivity contribution in [3.05, 3.63) is 29.8 Å². The highest BCUT2D eigenvalue weighted by Crippen LogP contribution is 2.21. The summed E-state index contributed by atoms with van der Waals surface area (Å²) < 4.78 is 0. The van der Waals surface area contributed by atoms with Crippen LogP contribution in [-0.4, -0.2) is 62.4 Å². The van der Waals surface area contributed by atoms with E-state index in [1.165, 1.54) is 0 Å². The van der Waals surface area contributed by atoms with E-state index in [-0.39, 0.29) is 17.7 Å². The van der Waals surface area contributed by atoms with E-state index in [1.54, 1.807) is 7.05 Å². The van der Waals surface area contributed by atoms with Gasteiger partial charge in [-0.25, -0.2) is 0 Å². The fourth-order valence-corrected chi connectivity index (χ4v) is 4.12. The first-order chi connectivity index (χ1) is 14.6. The SMILES string of the molecule is CN=C(NCCCN1CCCC(C(N)=O)C1)NCc1ccc(N2CCCC2=O)cc1. The third-order valence-corrected chi connectivity index (χ3v) is 5.86. The van der Waals surface area contributed by atoms with Gasteiger partial charge >= 0.3 is 0 Å². The Bertz CT molecular complexity index is 748. The number of benzene rings is 1. The maximum Gasteiger partial charge on any atom is 0.227 e. The first kappa shape index (κ1) is 22.1. The van der Waals surface area contributed by atoms with Gasteiger partial charge in [-0.2, -0.15) is 0 Å². The summed E-state index contributed by atoms with van der Waals surface area (Å²) in [6.45, 7) is 5.06. The highest BCUT2D eigenvalue weighted by molar-refractivity contribution is 5.95. The van der Waals surface area contributed by atoms with Crippen molar-refractivity contribution >= 4 is 23.5 Å². The van der Waals surface area contributed by atoms with Crippen molar-refractivity contribution in [3.8, 4) is 0 Å². The molecule has 0 aromatic heterocycles. The number of nitrogens with two attached hydrogens (primary N) is 1. The number of anilines is 1. The van der Waals surface area contributed by atoms with E-state index in [2.05, 4.69) is 20.5 Å². The second kappa shape index (κ2) is 11.0. The molecule has 0 saturated carbocycles. The lowest BCUT2D eigenvalue weighted by Gasteiger charge is -2.31. The second-order valence-corrected chi connectivity index (χ2v) is 8.06. The van der Waals surface area contributed by atoms with Crippen LogP contribution in [0.3, 0.4) is 0 Å². The van der Waals surface area contributed by atoms with Crippen LogP contribution in [0.5, 0.6) is 0 Å². The predicted octanol–water partition coefficient (Wildman–Crippen LogP) is 1.07. The molecule has 0 bridgehead atoms. The molecule has 2 saturated heterocycles. The zero-order valence-electron chi connectivity index (χ0n) is 17.9. The van der Waals surface area contributed by atoms with Gasteiger partial charge in [0.15, 0.2) is 5.96 Å². The molecule has 8 heteroatoms. The van der Waals surface area contributed by atoms with Crippen molar-refractivity contribution in [3.63, 3.8) is 0 Å². The van der Waals surface area contributed by atoms with Crippen molar-refractivity contribution in [1.82, 2.24) is 15.5 Å². The first-order valence-corrected chi connectivity index (χ1v) is 10.9. The molecule has 0 spiro atoms. The molecule has 0 aliphatic carbocycles. The average molecular weight is 415 g/mol. The molecule has 164 valence electrons. The van der Waals surface area contributed by atoms with Gasteiger partial charge in [-0.1, -0.05) is 12.1 Å². The molecule has 1 aromatic rings. The van der Waals surface area contributed by atoms with Crippen LogP contribution in [0, 0.1) is 5.92 Å². The molecule has 2 fully saturated rings. The molecular weight excluding hydrogens is 380 g/mol. The van der Waals surface area contributed by atoms with Crippen LogP contribution in [-0.2, 0) is 16.1 Å². The molecule has 1 unspecified atom stereocenters. The van der Waals surface area contributed by atoms with Gasteiger partial charge in [0, 0.05) is 45.3 Å². The lowest BCUT2D eigenvalue weighted by atomic mass is 9.97. The number of hydrogen-bond acceptors (Lipinski definition) is 4. The lowest BCUT2D eigenvalue weighted by Crippen LogP contribution is -2.42. The molecule has 1 aromatic carbocycles. The minimum absolute atomic E-state index is 0.00359. The molecule has 3 rings (SSSR count).